The Balaban J connectivity index is 1.91. The van der Waals surface area contributed by atoms with Gasteiger partial charge in [-0.2, -0.15) is 0 Å². The molecule has 2 aromatic carbocycles. The van der Waals surface area contributed by atoms with Crippen molar-refractivity contribution in [3.8, 4) is 0 Å². The highest BCUT2D eigenvalue weighted by molar-refractivity contribution is 5.71. The minimum atomic E-state index is 0.330. The first-order valence-corrected chi connectivity index (χ1v) is 7.27. The van der Waals surface area contributed by atoms with E-state index in [1.165, 1.54) is 16.7 Å². The average molecular weight is 270 g/mol. The smallest absolute Gasteiger partial charge is 0.0210 e. The molecule has 0 aromatic heterocycles. The van der Waals surface area contributed by atoms with E-state index in [9.17, 15) is 0 Å². The molecule has 0 unspecified atom stereocenters. The molecule has 0 radical (unpaired) electrons. The van der Waals surface area contributed by atoms with Crippen molar-refractivity contribution in [2.24, 2.45) is 0 Å². The molecule has 1 aliphatic rings. The fourth-order valence-electron chi connectivity index (χ4n) is 2.48. The van der Waals surface area contributed by atoms with Gasteiger partial charge in [-0.15, -0.1) is 0 Å². The topological polar surface area (TPSA) is 0 Å². The standard InChI is InChI=1S/C21H18/c1-2-7-13-19(12-6-1)21-15-9-8-14-20(21)17-16-18-10-4-3-5-11-18/h1-17,19H/b17-16+. The third kappa shape index (κ3) is 3.49. The fraction of sp³-hybridized carbons (Fsp3) is 0.0476. The summed E-state index contributed by atoms with van der Waals surface area (Å²) in [6.45, 7) is 0. The molecule has 0 aliphatic heterocycles. The molecule has 0 heteroatoms. The number of hydrogen-bond donors (Lipinski definition) is 0. The van der Waals surface area contributed by atoms with E-state index >= 15 is 0 Å². The van der Waals surface area contributed by atoms with Gasteiger partial charge in [-0.3, -0.25) is 0 Å². The van der Waals surface area contributed by atoms with Crippen molar-refractivity contribution in [2.75, 3.05) is 0 Å². The number of rotatable bonds is 3. The Morgan fingerprint density at radius 2 is 1.29 bits per heavy atom. The van der Waals surface area contributed by atoms with E-state index in [2.05, 4.69) is 97.1 Å². The monoisotopic (exact) mass is 270 g/mol. The van der Waals surface area contributed by atoms with Gasteiger partial charge in [0.15, 0.2) is 0 Å². The van der Waals surface area contributed by atoms with E-state index in [1.54, 1.807) is 0 Å². The first-order valence-electron chi connectivity index (χ1n) is 7.27. The zero-order valence-electron chi connectivity index (χ0n) is 11.9. The lowest BCUT2D eigenvalue weighted by Gasteiger charge is -2.11. The summed E-state index contributed by atoms with van der Waals surface area (Å²) < 4.78 is 0. The van der Waals surface area contributed by atoms with Crippen LogP contribution >= 0.6 is 0 Å². The average Bonchev–Trinajstić information content (AvgIpc) is 2.83. The van der Waals surface area contributed by atoms with Crippen LogP contribution in [0, 0.1) is 0 Å². The second-order valence-corrected chi connectivity index (χ2v) is 5.05. The number of benzene rings is 2. The van der Waals surface area contributed by atoms with Gasteiger partial charge in [0.2, 0.25) is 0 Å². The molecule has 0 bridgehead atoms. The van der Waals surface area contributed by atoms with E-state index in [-0.39, 0.29) is 0 Å². The molecule has 3 rings (SSSR count). The molecule has 0 N–H and O–H groups in total. The zero-order chi connectivity index (χ0) is 14.3. The molecule has 0 amide bonds. The van der Waals surface area contributed by atoms with Crippen LogP contribution in [0.15, 0.2) is 91.1 Å². The van der Waals surface area contributed by atoms with Crippen molar-refractivity contribution in [2.45, 2.75) is 5.92 Å². The van der Waals surface area contributed by atoms with E-state index in [4.69, 9.17) is 0 Å². The quantitative estimate of drug-likeness (QED) is 0.635. The second-order valence-electron chi connectivity index (χ2n) is 5.05. The number of hydrogen-bond acceptors (Lipinski definition) is 0. The van der Waals surface area contributed by atoms with E-state index in [0.717, 1.165) is 0 Å². The zero-order valence-corrected chi connectivity index (χ0v) is 11.9. The highest BCUT2D eigenvalue weighted by Gasteiger charge is 2.08. The van der Waals surface area contributed by atoms with Crippen LogP contribution in [0.3, 0.4) is 0 Å². The third-order valence-electron chi connectivity index (χ3n) is 3.58. The van der Waals surface area contributed by atoms with E-state index in [1.807, 2.05) is 6.07 Å². The molecule has 0 nitrogen and oxygen atoms in total. The Labute approximate surface area is 126 Å². The van der Waals surface area contributed by atoms with Gasteiger partial charge in [0.1, 0.15) is 0 Å². The van der Waals surface area contributed by atoms with Crippen LogP contribution in [-0.4, -0.2) is 0 Å². The first-order chi connectivity index (χ1) is 10.4. The maximum absolute atomic E-state index is 2.23. The van der Waals surface area contributed by atoms with Crippen LogP contribution < -0.4 is 0 Å². The number of allylic oxidation sites excluding steroid dienone is 6. The summed E-state index contributed by atoms with van der Waals surface area (Å²) in [5.41, 5.74) is 3.82. The molecule has 0 atom stereocenters. The predicted molar refractivity (Wildman–Crippen MR) is 92.0 cm³/mol. The van der Waals surface area contributed by atoms with Crippen LogP contribution in [0.5, 0.6) is 0 Å². The maximum Gasteiger partial charge on any atom is 0.0210 e. The van der Waals surface area contributed by atoms with Crippen LogP contribution in [-0.2, 0) is 0 Å². The molecule has 1 aliphatic carbocycles. The minimum Gasteiger partial charge on any atom is -0.0732 e. The summed E-state index contributed by atoms with van der Waals surface area (Å²) in [5, 5.41) is 0. The summed E-state index contributed by atoms with van der Waals surface area (Å²) in [7, 11) is 0. The minimum absolute atomic E-state index is 0.330. The van der Waals surface area contributed by atoms with Gasteiger partial charge in [0.05, 0.1) is 0 Å². The molecular weight excluding hydrogens is 252 g/mol. The van der Waals surface area contributed by atoms with Crippen molar-refractivity contribution in [1.82, 2.24) is 0 Å². The van der Waals surface area contributed by atoms with Crippen molar-refractivity contribution < 1.29 is 0 Å². The summed E-state index contributed by atoms with van der Waals surface area (Å²) >= 11 is 0. The van der Waals surface area contributed by atoms with Crippen LogP contribution in [0.4, 0.5) is 0 Å². The van der Waals surface area contributed by atoms with Gasteiger partial charge in [-0.05, 0) is 16.7 Å². The normalized spacial score (nSPS) is 14.7. The van der Waals surface area contributed by atoms with Gasteiger partial charge < -0.3 is 0 Å². The SMILES string of the molecule is C1=CC=CC(c2ccccc2/C=C/c2ccccc2)C=C1. The fourth-order valence-corrected chi connectivity index (χ4v) is 2.48. The lowest BCUT2D eigenvalue weighted by molar-refractivity contribution is 1.08. The predicted octanol–water partition coefficient (Wildman–Crippen LogP) is 5.62. The lowest BCUT2D eigenvalue weighted by Crippen LogP contribution is -1.94. The van der Waals surface area contributed by atoms with Gasteiger partial charge >= 0.3 is 0 Å². The van der Waals surface area contributed by atoms with Gasteiger partial charge in [-0.25, -0.2) is 0 Å². The lowest BCUT2D eigenvalue weighted by atomic mass is 9.93. The molecule has 0 fully saturated rings. The molecule has 21 heavy (non-hydrogen) atoms. The maximum atomic E-state index is 2.23. The van der Waals surface area contributed by atoms with Crippen LogP contribution in [0.2, 0.25) is 0 Å². The molecular formula is C21H18. The van der Waals surface area contributed by atoms with Gasteiger partial charge in [0.25, 0.3) is 0 Å². The summed E-state index contributed by atoms with van der Waals surface area (Å²) in [4.78, 5) is 0. The van der Waals surface area contributed by atoms with Crippen molar-refractivity contribution >= 4 is 12.2 Å². The van der Waals surface area contributed by atoms with Crippen LogP contribution in [0.1, 0.15) is 22.6 Å². The molecule has 2 aromatic rings. The molecule has 102 valence electrons. The molecule has 0 heterocycles. The Kier molecular flexibility index (Phi) is 4.28. The molecule has 0 saturated heterocycles. The largest absolute Gasteiger partial charge is 0.0732 e. The van der Waals surface area contributed by atoms with Gasteiger partial charge in [0, 0.05) is 5.92 Å². The molecule has 0 spiro atoms. The van der Waals surface area contributed by atoms with Crippen molar-refractivity contribution in [3.63, 3.8) is 0 Å². The Morgan fingerprint density at radius 3 is 2.05 bits per heavy atom. The van der Waals surface area contributed by atoms with Crippen LogP contribution in [0.25, 0.3) is 12.2 Å². The van der Waals surface area contributed by atoms with Gasteiger partial charge in [-0.1, -0.05) is 103 Å². The van der Waals surface area contributed by atoms with E-state index < -0.39 is 0 Å². The highest BCUT2D eigenvalue weighted by Crippen LogP contribution is 2.25. The third-order valence-corrected chi connectivity index (χ3v) is 3.58. The first kappa shape index (κ1) is 13.4. The summed E-state index contributed by atoms with van der Waals surface area (Å²) in [6, 6.07) is 19.0. The van der Waals surface area contributed by atoms with Crippen molar-refractivity contribution in [1.29, 1.82) is 0 Å². The Bertz CT molecular complexity index is 684. The Hall–Kier alpha value is -2.60. The highest BCUT2D eigenvalue weighted by atomic mass is 14.1. The Morgan fingerprint density at radius 1 is 0.619 bits per heavy atom. The van der Waals surface area contributed by atoms with E-state index in [0.29, 0.717) is 5.92 Å². The molecule has 0 saturated carbocycles. The van der Waals surface area contributed by atoms with Crippen molar-refractivity contribution in [3.05, 3.63) is 108 Å². The summed E-state index contributed by atoms with van der Waals surface area (Å²) in [5.74, 6) is 0.330. The second kappa shape index (κ2) is 6.71. The summed E-state index contributed by atoms with van der Waals surface area (Å²) in [6.07, 6.45) is 17.2.